The normalized spacial score (nSPS) is 36.8. The second-order valence-electron chi connectivity index (χ2n) is 7.56. The minimum Gasteiger partial charge on any atom is -0.362 e. The van der Waals surface area contributed by atoms with E-state index in [4.69, 9.17) is 4.99 Å². The molecule has 0 spiro atoms. The van der Waals surface area contributed by atoms with Crippen LogP contribution in [0.1, 0.15) is 60.3 Å². The molecule has 1 aliphatic carbocycles. The highest BCUT2D eigenvalue weighted by Gasteiger charge is 2.29. The van der Waals surface area contributed by atoms with Crippen LogP contribution in [0.5, 0.6) is 0 Å². The minimum absolute atomic E-state index is 0.294. The Morgan fingerprint density at radius 1 is 1.11 bits per heavy atom. The number of nitrogens with zero attached hydrogens (tertiary/aromatic N) is 1. The van der Waals surface area contributed by atoms with Crippen molar-refractivity contribution < 1.29 is 0 Å². The van der Waals surface area contributed by atoms with E-state index in [9.17, 15) is 0 Å². The fourth-order valence-electron chi connectivity index (χ4n) is 3.07. The summed E-state index contributed by atoms with van der Waals surface area (Å²) in [4.78, 5) is 4.96. The third-order valence-corrected chi connectivity index (χ3v) is 5.77. The molecule has 0 radical (unpaired) electrons. The van der Waals surface area contributed by atoms with Crippen molar-refractivity contribution in [3.05, 3.63) is 0 Å². The topological polar surface area (TPSA) is 24.4 Å². The fraction of sp³-hybridized carbons (Fsp3) is 0.938. The Bertz CT molecular complexity index is 332. The molecule has 3 heteroatoms. The van der Waals surface area contributed by atoms with Gasteiger partial charge in [0.15, 0.2) is 5.17 Å². The van der Waals surface area contributed by atoms with Crippen LogP contribution in [0, 0.1) is 17.3 Å². The Kier molecular flexibility index (Phi) is 4.86. The number of thioether (sulfide) groups is 1. The average Bonchev–Trinajstić information content (AvgIpc) is 2.33. The van der Waals surface area contributed by atoms with Crippen LogP contribution in [0.15, 0.2) is 4.99 Å². The van der Waals surface area contributed by atoms with Crippen molar-refractivity contribution in [1.29, 1.82) is 0 Å². The van der Waals surface area contributed by atoms with E-state index < -0.39 is 0 Å². The van der Waals surface area contributed by atoms with Crippen LogP contribution in [-0.4, -0.2) is 23.0 Å². The number of nitrogens with one attached hydrogen (secondary N) is 1. The highest BCUT2D eigenvalue weighted by atomic mass is 32.2. The SMILES string of the molecule is CC1CCC(NC2=NC(C(C)(C)C)CCS2)CC1C. The molecule has 1 saturated carbocycles. The largest absolute Gasteiger partial charge is 0.362 e. The molecular formula is C16H30N2S. The van der Waals surface area contributed by atoms with Crippen molar-refractivity contribution >= 4 is 16.9 Å². The van der Waals surface area contributed by atoms with Gasteiger partial charge >= 0.3 is 0 Å². The van der Waals surface area contributed by atoms with Crippen molar-refractivity contribution in [3.63, 3.8) is 0 Å². The van der Waals surface area contributed by atoms with Gasteiger partial charge in [0.2, 0.25) is 0 Å². The van der Waals surface area contributed by atoms with Crippen molar-refractivity contribution in [2.45, 2.75) is 72.4 Å². The average molecular weight is 282 g/mol. The summed E-state index contributed by atoms with van der Waals surface area (Å²) in [6.45, 7) is 11.7. The predicted molar refractivity (Wildman–Crippen MR) is 86.9 cm³/mol. The lowest BCUT2D eigenvalue weighted by Crippen LogP contribution is -2.41. The lowest BCUT2D eigenvalue weighted by atomic mass is 9.79. The van der Waals surface area contributed by atoms with Crippen molar-refractivity contribution in [3.8, 4) is 0 Å². The predicted octanol–water partition coefficient (Wildman–Crippen LogP) is 4.31. The van der Waals surface area contributed by atoms with Crippen LogP contribution in [-0.2, 0) is 0 Å². The number of amidine groups is 1. The summed E-state index contributed by atoms with van der Waals surface area (Å²) in [6, 6.07) is 1.13. The van der Waals surface area contributed by atoms with E-state index in [0.29, 0.717) is 17.5 Å². The van der Waals surface area contributed by atoms with E-state index in [0.717, 1.165) is 11.8 Å². The Morgan fingerprint density at radius 3 is 2.47 bits per heavy atom. The quantitative estimate of drug-likeness (QED) is 0.775. The maximum Gasteiger partial charge on any atom is 0.157 e. The van der Waals surface area contributed by atoms with Gasteiger partial charge in [0.05, 0.1) is 6.04 Å². The molecule has 0 aromatic carbocycles. The smallest absolute Gasteiger partial charge is 0.157 e. The second-order valence-corrected chi connectivity index (χ2v) is 8.65. The molecule has 2 nitrogen and oxygen atoms in total. The summed E-state index contributed by atoms with van der Waals surface area (Å²) in [7, 11) is 0. The Hall–Kier alpha value is -0.180. The first-order chi connectivity index (χ1) is 8.86. The summed E-state index contributed by atoms with van der Waals surface area (Å²) in [6.07, 6.45) is 5.20. The molecule has 4 unspecified atom stereocenters. The van der Waals surface area contributed by atoms with Gasteiger partial charge in [0, 0.05) is 11.8 Å². The summed E-state index contributed by atoms with van der Waals surface area (Å²) in [5, 5.41) is 4.93. The minimum atomic E-state index is 0.294. The maximum absolute atomic E-state index is 4.96. The molecule has 2 aliphatic rings. The third kappa shape index (κ3) is 4.14. The van der Waals surface area contributed by atoms with Crippen molar-refractivity contribution in [2.24, 2.45) is 22.2 Å². The zero-order valence-corrected chi connectivity index (χ0v) is 14.0. The molecule has 0 saturated heterocycles. The molecule has 0 bridgehead atoms. The van der Waals surface area contributed by atoms with Gasteiger partial charge in [0.25, 0.3) is 0 Å². The zero-order chi connectivity index (χ0) is 14.0. The van der Waals surface area contributed by atoms with Crippen LogP contribution < -0.4 is 5.32 Å². The van der Waals surface area contributed by atoms with E-state index in [1.54, 1.807) is 0 Å². The first kappa shape index (κ1) is 15.2. The molecule has 4 atom stereocenters. The zero-order valence-electron chi connectivity index (χ0n) is 13.2. The fourth-order valence-corrected chi connectivity index (χ4v) is 4.06. The lowest BCUT2D eigenvalue weighted by Gasteiger charge is -2.35. The Morgan fingerprint density at radius 2 is 1.84 bits per heavy atom. The van der Waals surface area contributed by atoms with E-state index in [1.807, 2.05) is 11.8 Å². The third-order valence-electron chi connectivity index (χ3n) is 4.83. The van der Waals surface area contributed by atoms with Gasteiger partial charge in [-0.25, -0.2) is 0 Å². The number of rotatable bonds is 1. The van der Waals surface area contributed by atoms with E-state index in [1.165, 1.54) is 36.6 Å². The van der Waals surface area contributed by atoms with E-state index in [2.05, 4.69) is 39.9 Å². The number of hydrogen-bond donors (Lipinski definition) is 1. The standard InChI is InChI=1S/C16H30N2S/c1-11-6-7-13(10-12(11)2)17-15-18-14(8-9-19-15)16(3,4)5/h11-14H,6-10H2,1-5H3,(H,17,18). The monoisotopic (exact) mass is 282 g/mol. The molecule has 0 aromatic rings. The molecular weight excluding hydrogens is 252 g/mol. The summed E-state index contributed by atoms with van der Waals surface area (Å²) < 4.78 is 0. The Labute approximate surface area is 123 Å². The van der Waals surface area contributed by atoms with Crippen LogP contribution in [0.4, 0.5) is 0 Å². The van der Waals surface area contributed by atoms with Gasteiger partial charge in [-0.3, -0.25) is 4.99 Å². The molecule has 110 valence electrons. The van der Waals surface area contributed by atoms with Gasteiger partial charge in [0.1, 0.15) is 0 Å². The number of hydrogen-bond acceptors (Lipinski definition) is 3. The molecule has 0 amide bonds. The maximum atomic E-state index is 4.96. The summed E-state index contributed by atoms with van der Waals surface area (Å²) >= 11 is 1.92. The number of aliphatic imine (C=N–C) groups is 1. The molecule has 1 fully saturated rings. The highest BCUT2D eigenvalue weighted by molar-refractivity contribution is 8.13. The molecule has 1 heterocycles. The van der Waals surface area contributed by atoms with Crippen LogP contribution in [0.2, 0.25) is 0 Å². The van der Waals surface area contributed by atoms with Gasteiger partial charge in [-0.05, 0) is 42.9 Å². The van der Waals surface area contributed by atoms with Gasteiger partial charge in [-0.1, -0.05) is 46.4 Å². The van der Waals surface area contributed by atoms with Crippen molar-refractivity contribution in [2.75, 3.05) is 5.75 Å². The second kappa shape index (κ2) is 6.07. The van der Waals surface area contributed by atoms with Gasteiger partial charge in [-0.2, -0.15) is 0 Å². The summed E-state index contributed by atoms with van der Waals surface area (Å²) in [5.41, 5.74) is 0.294. The molecule has 0 aromatic heterocycles. The van der Waals surface area contributed by atoms with Gasteiger partial charge in [-0.15, -0.1) is 0 Å². The molecule has 2 rings (SSSR count). The van der Waals surface area contributed by atoms with Crippen LogP contribution >= 0.6 is 11.8 Å². The first-order valence-corrected chi connectivity index (χ1v) is 8.82. The van der Waals surface area contributed by atoms with E-state index in [-0.39, 0.29) is 0 Å². The van der Waals surface area contributed by atoms with Crippen LogP contribution in [0.3, 0.4) is 0 Å². The highest BCUT2D eigenvalue weighted by Crippen LogP contribution is 2.32. The van der Waals surface area contributed by atoms with E-state index >= 15 is 0 Å². The van der Waals surface area contributed by atoms with Crippen LogP contribution in [0.25, 0.3) is 0 Å². The summed E-state index contributed by atoms with van der Waals surface area (Å²) in [5.74, 6) is 2.95. The molecule has 1 aliphatic heterocycles. The lowest BCUT2D eigenvalue weighted by molar-refractivity contribution is 0.240. The first-order valence-electron chi connectivity index (χ1n) is 7.83. The van der Waals surface area contributed by atoms with Gasteiger partial charge < -0.3 is 5.32 Å². The Balaban J connectivity index is 1.93. The molecule has 1 N–H and O–H groups in total. The molecule has 19 heavy (non-hydrogen) atoms. The van der Waals surface area contributed by atoms with Crippen molar-refractivity contribution in [1.82, 2.24) is 5.32 Å².